The highest BCUT2D eigenvalue weighted by molar-refractivity contribution is 6.67. The maximum absolute atomic E-state index is 11.3. The number of rotatable bonds is 1. The van der Waals surface area contributed by atoms with Crippen LogP contribution < -0.4 is 4.57 Å². The van der Waals surface area contributed by atoms with Crippen LogP contribution in [0.3, 0.4) is 0 Å². The minimum atomic E-state index is -1.58. The minimum Gasteiger partial charge on any atom is -0.407 e. The lowest BCUT2D eigenvalue weighted by Gasteiger charge is -2.07. The summed E-state index contributed by atoms with van der Waals surface area (Å²) in [6.45, 7) is -0.279. The lowest BCUT2D eigenvalue weighted by molar-refractivity contribution is -0.586. The number of hydrogen-bond acceptors (Lipinski definition) is 2. The zero-order valence-electron chi connectivity index (χ0n) is 6.99. The highest BCUT2D eigenvalue weighted by atomic mass is 35.6. The van der Waals surface area contributed by atoms with Crippen LogP contribution in [0.1, 0.15) is 0 Å². The van der Waals surface area contributed by atoms with E-state index in [4.69, 9.17) is 39.5 Å². The van der Waals surface area contributed by atoms with Gasteiger partial charge in [0.1, 0.15) is 6.61 Å². The Morgan fingerprint density at radius 1 is 1.21 bits per heavy atom. The number of carbonyl (C=O) groups is 1. The minimum absolute atomic E-state index is 0.279. The van der Waals surface area contributed by atoms with Crippen LogP contribution in [0, 0.1) is 0 Å². The zero-order chi connectivity index (χ0) is 10.6. The molecule has 14 heavy (non-hydrogen) atoms. The molecule has 0 radical (unpaired) electrons. The van der Waals surface area contributed by atoms with Crippen LogP contribution in [0.2, 0.25) is 0 Å². The van der Waals surface area contributed by atoms with Crippen molar-refractivity contribution in [3.05, 3.63) is 30.6 Å². The van der Waals surface area contributed by atoms with Crippen molar-refractivity contribution in [2.75, 3.05) is 6.61 Å². The first-order chi connectivity index (χ1) is 6.49. The number of alkyl halides is 3. The number of ether oxygens (including phenoxy) is 1. The third-order valence-corrected chi connectivity index (χ3v) is 1.61. The first kappa shape index (κ1) is 11.6. The second-order valence-electron chi connectivity index (χ2n) is 2.45. The van der Waals surface area contributed by atoms with Crippen LogP contribution in [0.4, 0.5) is 4.79 Å². The van der Waals surface area contributed by atoms with Gasteiger partial charge >= 0.3 is 6.09 Å². The molecule has 0 aromatic carbocycles. The molecule has 0 aliphatic carbocycles. The molecule has 0 atom stereocenters. The monoisotopic (exact) mass is 254 g/mol. The summed E-state index contributed by atoms with van der Waals surface area (Å²) in [6, 6.07) is 5.16. The van der Waals surface area contributed by atoms with Gasteiger partial charge in [-0.1, -0.05) is 45.4 Å². The Hall–Kier alpha value is -0.510. The average molecular weight is 256 g/mol. The van der Waals surface area contributed by atoms with Crippen LogP contribution in [-0.2, 0) is 4.74 Å². The smallest absolute Gasteiger partial charge is 0.407 e. The molecule has 6 heteroatoms. The molecule has 1 aromatic rings. The van der Waals surface area contributed by atoms with Gasteiger partial charge in [0, 0.05) is 12.1 Å². The van der Waals surface area contributed by atoms with Crippen LogP contribution >= 0.6 is 34.8 Å². The van der Waals surface area contributed by atoms with Crippen LogP contribution in [0.15, 0.2) is 30.6 Å². The first-order valence-corrected chi connectivity index (χ1v) is 4.82. The normalized spacial score (nSPS) is 11.1. The van der Waals surface area contributed by atoms with E-state index in [0.717, 1.165) is 0 Å². The molecule has 0 N–H and O–H groups in total. The van der Waals surface area contributed by atoms with Crippen molar-refractivity contribution < 1.29 is 14.1 Å². The van der Waals surface area contributed by atoms with Crippen LogP contribution in [-0.4, -0.2) is 16.5 Å². The lowest BCUT2D eigenvalue weighted by atomic mass is 10.5. The summed E-state index contributed by atoms with van der Waals surface area (Å²) in [4.78, 5) is 11.3. The van der Waals surface area contributed by atoms with Gasteiger partial charge in [0.25, 0.3) is 0 Å². The summed E-state index contributed by atoms with van der Waals surface area (Å²) in [6.07, 6.45) is 2.50. The Balaban J connectivity index is 2.52. The number of carbonyl (C=O) groups excluding carboxylic acids is 1. The molecule has 0 aliphatic rings. The zero-order valence-corrected chi connectivity index (χ0v) is 9.26. The maximum atomic E-state index is 11.3. The van der Waals surface area contributed by atoms with E-state index < -0.39 is 9.89 Å². The molecular formula is C8H7Cl3NO2+. The van der Waals surface area contributed by atoms with Crippen molar-refractivity contribution in [3.8, 4) is 0 Å². The average Bonchev–Trinajstić information content (AvgIpc) is 2.14. The van der Waals surface area contributed by atoms with Gasteiger partial charge in [-0.2, -0.15) is 4.79 Å². The molecule has 0 bridgehead atoms. The van der Waals surface area contributed by atoms with Gasteiger partial charge in [-0.25, -0.2) is 0 Å². The number of nitrogens with zero attached hydrogens (tertiary/aromatic N) is 1. The van der Waals surface area contributed by atoms with Crippen LogP contribution in [0.5, 0.6) is 0 Å². The summed E-state index contributed by atoms with van der Waals surface area (Å²) in [7, 11) is 0. The van der Waals surface area contributed by atoms with E-state index >= 15 is 0 Å². The molecule has 1 rings (SSSR count). The van der Waals surface area contributed by atoms with Gasteiger partial charge in [-0.3, -0.25) is 0 Å². The summed E-state index contributed by atoms with van der Waals surface area (Å²) < 4.78 is 4.39. The van der Waals surface area contributed by atoms with E-state index in [1.54, 1.807) is 30.6 Å². The predicted octanol–water partition coefficient (Wildman–Crippen LogP) is 2.33. The molecule has 0 unspecified atom stereocenters. The third-order valence-electron chi connectivity index (χ3n) is 1.29. The summed E-state index contributed by atoms with van der Waals surface area (Å²) in [5, 5.41) is 0. The fraction of sp³-hybridized carbons (Fsp3) is 0.250. The fourth-order valence-corrected chi connectivity index (χ4v) is 0.902. The highest BCUT2D eigenvalue weighted by Crippen LogP contribution is 2.25. The second kappa shape index (κ2) is 4.82. The predicted molar refractivity (Wildman–Crippen MR) is 53.7 cm³/mol. The van der Waals surface area contributed by atoms with E-state index in [9.17, 15) is 4.79 Å². The number of pyridine rings is 1. The summed E-state index contributed by atoms with van der Waals surface area (Å²) in [5.41, 5.74) is 0. The Kier molecular flexibility index (Phi) is 3.98. The second-order valence-corrected chi connectivity index (χ2v) is 4.97. The summed E-state index contributed by atoms with van der Waals surface area (Å²) >= 11 is 16.2. The SMILES string of the molecule is O=C(OCC(Cl)(Cl)Cl)[n+]1ccccc1. The molecule has 1 heterocycles. The van der Waals surface area contributed by atoms with Gasteiger partial charge in [-0.15, -0.1) is 0 Å². The number of aromatic nitrogens is 1. The van der Waals surface area contributed by atoms with Gasteiger partial charge in [0.2, 0.25) is 3.79 Å². The molecule has 3 nitrogen and oxygen atoms in total. The Bertz CT molecular complexity index is 310. The van der Waals surface area contributed by atoms with Crippen molar-refractivity contribution in [2.24, 2.45) is 0 Å². The number of hydrogen-bond donors (Lipinski definition) is 0. The molecule has 0 spiro atoms. The first-order valence-electron chi connectivity index (χ1n) is 3.69. The van der Waals surface area contributed by atoms with Crippen molar-refractivity contribution >= 4 is 40.9 Å². The molecule has 0 saturated carbocycles. The standard InChI is InChI=1S/C8H7Cl3NO2/c9-8(10,11)6-14-7(13)12-4-2-1-3-5-12/h1-5H,6H2/q+1. The topological polar surface area (TPSA) is 30.2 Å². The lowest BCUT2D eigenvalue weighted by Crippen LogP contribution is -2.43. The molecular weight excluding hydrogens is 248 g/mol. The van der Waals surface area contributed by atoms with Gasteiger partial charge in [0.15, 0.2) is 12.4 Å². The Morgan fingerprint density at radius 2 is 1.79 bits per heavy atom. The van der Waals surface area contributed by atoms with E-state index in [1.165, 1.54) is 4.57 Å². The van der Waals surface area contributed by atoms with E-state index in [2.05, 4.69) is 0 Å². The Morgan fingerprint density at radius 3 is 2.29 bits per heavy atom. The van der Waals surface area contributed by atoms with Gasteiger partial charge in [-0.05, 0) is 0 Å². The molecule has 76 valence electrons. The van der Waals surface area contributed by atoms with Crippen molar-refractivity contribution in [3.63, 3.8) is 0 Å². The third kappa shape index (κ3) is 4.13. The fourth-order valence-electron chi connectivity index (χ4n) is 0.738. The van der Waals surface area contributed by atoms with Crippen molar-refractivity contribution in [2.45, 2.75) is 3.79 Å². The Labute approximate surface area is 96.1 Å². The molecule has 1 aromatic heterocycles. The van der Waals surface area contributed by atoms with Crippen LogP contribution in [0.25, 0.3) is 0 Å². The van der Waals surface area contributed by atoms with E-state index in [1.807, 2.05) is 0 Å². The van der Waals surface area contributed by atoms with Crippen molar-refractivity contribution in [1.82, 2.24) is 0 Å². The largest absolute Gasteiger partial charge is 0.602 e. The molecule has 0 amide bonds. The van der Waals surface area contributed by atoms with Gasteiger partial charge in [0.05, 0.1) is 0 Å². The van der Waals surface area contributed by atoms with Crippen molar-refractivity contribution in [1.29, 1.82) is 0 Å². The quantitative estimate of drug-likeness (QED) is 0.569. The molecule has 0 fully saturated rings. The van der Waals surface area contributed by atoms with E-state index in [0.29, 0.717) is 0 Å². The maximum Gasteiger partial charge on any atom is 0.602 e. The number of halogens is 3. The highest BCUT2D eigenvalue weighted by Gasteiger charge is 2.25. The molecule has 0 saturated heterocycles. The molecule has 0 aliphatic heterocycles. The van der Waals surface area contributed by atoms with E-state index in [-0.39, 0.29) is 6.61 Å². The van der Waals surface area contributed by atoms with Gasteiger partial charge < -0.3 is 4.74 Å². The summed E-state index contributed by atoms with van der Waals surface area (Å²) in [5.74, 6) is 0.